The molecule has 3 unspecified atom stereocenters. The Kier molecular flexibility index (Phi) is 7.99. The molecule has 7 nitrogen and oxygen atoms in total. The normalized spacial score (nSPS) is 33.4. The molecule has 5 fully saturated rings. The van der Waals surface area contributed by atoms with Crippen LogP contribution >= 0.6 is 11.6 Å². The van der Waals surface area contributed by atoms with Crippen molar-refractivity contribution in [1.29, 1.82) is 0 Å². The summed E-state index contributed by atoms with van der Waals surface area (Å²) < 4.78 is 19.0. The highest BCUT2D eigenvalue weighted by molar-refractivity contribution is 6.30. The minimum Gasteiger partial charge on any atom is -0.484 e. The fraction of sp³-hybridized carbons (Fsp3) is 0.714. The van der Waals surface area contributed by atoms with Gasteiger partial charge in [0.15, 0.2) is 6.61 Å². The van der Waals surface area contributed by atoms with Crippen LogP contribution in [0.1, 0.15) is 71.6 Å². The number of halogens is 2. The number of nitrogens with one attached hydrogen (secondary N) is 2. The molecule has 0 spiro atoms. The first kappa shape index (κ1) is 26.7. The van der Waals surface area contributed by atoms with Crippen molar-refractivity contribution in [3.8, 4) is 5.75 Å². The van der Waals surface area contributed by atoms with Crippen LogP contribution in [0.3, 0.4) is 0 Å². The van der Waals surface area contributed by atoms with Crippen LogP contribution in [0.2, 0.25) is 5.02 Å². The minimum atomic E-state index is -0.587. The number of carbonyl (C=O) groups excluding carboxylic acids is 2. The van der Waals surface area contributed by atoms with E-state index in [1.54, 1.807) is 0 Å². The average Bonchev–Trinajstić information content (AvgIpc) is 3.62. The van der Waals surface area contributed by atoms with E-state index in [1.807, 2.05) is 0 Å². The molecule has 0 aromatic heterocycles. The smallest absolute Gasteiger partial charge is 0.258 e. The lowest BCUT2D eigenvalue weighted by molar-refractivity contribution is -0.181. The second kappa shape index (κ2) is 11.1. The molecule has 1 aromatic rings. The van der Waals surface area contributed by atoms with Gasteiger partial charge in [0.1, 0.15) is 11.6 Å². The molecule has 6 rings (SSSR count). The van der Waals surface area contributed by atoms with Crippen LogP contribution in [-0.2, 0) is 14.4 Å². The molecule has 1 saturated heterocycles. The van der Waals surface area contributed by atoms with Crippen LogP contribution in [-0.4, -0.2) is 53.8 Å². The molecular formula is C28H39ClFN3O4. The van der Waals surface area contributed by atoms with Crippen LogP contribution in [0, 0.1) is 23.6 Å². The van der Waals surface area contributed by atoms with Gasteiger partial charge in [-0.2, -0.15) is 5.06 Å². The summed E-state index contributed by atoms with van der Waals surface area (Å²) in [5, 5.41) is 8.48. The number of benzene rings is 1. The summed E-state index contributed by atoms with van der Waals surface area (Å²) in [4.78, 5) is 31.6. The van der Waals surface area contributed by atoms with Gasteiger partial charge in [0.25, 0.3) is 5.91 Å². The van der Waals surface area contributed by atoms with Crippen molar-refractivity contribution >= 4 is 23.4 Å². The van der Waals surface area contributed by atoms with Crippen LogP contribution in [0.15, 0.2) is 18.2 Å². The lowest BCUT2D eigenvalue weighted by atomic mass is 9.76. The average molecular weight is 536 g/mol. The molecule has 1 aliphatic heterocycles. The van der Waals surface area contributed by atoms with E-state index in [9.17, 15) is 14.0 Å². The Morgan fingerprint density at radius 2 is 1.97 bits per heavy atom. The number of rotatable bonds is 10. The molecule has 4 atom stereocenters. The fourth-order valence-electron chi connectivity index (χ4n) is 7.17. The van der Waals surface area contributed by atoms with Gasteiger partial charge in [-0.3, -0.25) is 14.4 Å². The van der Waals surface area contributed by atoms with Gasteiger partial charge in [0.05, 0.1) is 11.1 Å². The standard InChI is InChI=1S/C28H39ClFN3O4/c1-17-22(18(2)37-33(17)20-6-3-4-7-20)8-5-11-31-27(35)23-15-28(13-19(23)14-28)32-26(34)16-36-21-9-10-24(29)25(30)12-21/h9-10,12,17-20,22-23H,3-8,11,13-16H2,1-2H3,(H,31,35)(H,32,34)/t17?,18?,19?,22-,23?,28?/m0/s1. The van der Waals surface area contributed by atoms with Crippen molar-refractivity contribution in [3.05, 3.63) is 29.0 Å². The third-order valence-electron chi connectivity index (χ3n) is 9.10. The van der Waals surface area contributed by atoms with Gasteiger partial charge in [-0.25, -0.2) is 4.39 Å². The van der Waals surface area contributed by atoms with Crippen molar-refractivity contribution in [2.45, 2.75) is 95.4 Å². The molecule has 2 N–H and O–H groups in total. The minimum absolute atomic E-state index is 0.00843. The van der Waals surface area contributed by atoms with E-state index >= 15 is 0 Å². The van der Waals surface area contributed by atoms with Crippen molar-refractivity contribution < 1.29 is 23.6 Å². The van der Waals surface area contributed by atoms with Crippen molar-refractivity contribution in [1.82, 2.24) is 15.7 Å². The lowest BCUT2D eigenvalue weighted by Crippen LogP contribution is -2.53. The molecule has 1 heterocycles. The maximum atomic E-state index is 13.6. The molecule has 1 aromatic carbocycles. The van der Waals surface area contributed by atoms with Gasteiger partial charge < -0.3 is 15.4 Å². The van der Waals surface area contributed by atoms with E-state index in [0.29, 0.717) is 36.9 Å². The number of hydroxylamine groups is 2. The zero-order chi connectivity index (χ0) is 26.2. The lowest BCUT2D eigenvalue weighted by Gasteiger charge is -2.39. The van der Waals surface area contributed by atoms with Gasteiger partial charge in [0.2, 0.25) is 5.91 Å². The maximum absolute atomic E-state index is 13.6. The van der Waals surface area contributed by atoms with Gasteiger partial charge in [-0.15, -0.1) is 0 Å². The number of hydrogen-bond donors (Lipinski definition) is 2. The molecule has 204 valence electrons. The van der Waals surface area contributed by atoms with E-state index in [4.69, 9.17) is 21.2 Å². The highest BCUT2D eigenvalue weighted by Crippen LogP contribution is 2.55. The summed E-state index contributed by atoms with van der Waals surface area (Å²) in [5.74, 6) is 0.250. The Balaban J connectivity index is 1.01. The summed E-state index contributed by atoms with van der Waals surface area (Å²) >= 11 is 5.68. The molecule has 4 saturated carbocycles. The van der Waals surface area contributed by atoms with Crippen molar-refractivity contribution in [3.63, 3.8) is 0 Å². The number of hydrogen-bond acceptors (Lipinski definition) is 5. The van der Waals surface area contributed by atoms with Crippen LogP contribution < -0.4 is 15.4 Å². The third-order valence-corrected chi connectivity index (χ3v) is 9.40. The first-order valence-corrected chi connectivity index (χ1v) is 14.2. The number of carbonyl (C=O) groups is 2. The van der Waals surface area contributed by atoms with E-state index in [-0.39, 0.29) is 46.8 Å². The number of ether oxygens (including phenoxy) is 1. The van der Waals surface area contributed by atoms with Gasteiger partial charge in [-0.1, -0.05) is 24.4 Å². The zero-order valence-electron chi connectivity index (χ0n) is 21.8. The number of amides is 2. The van der Waals surface area contributed by atoms with Gasteiger partial charge in [0, 0.05) is 42.1 Å². The highest BCUT2D eigenvalue weighted by atomic mass is 35.5. The monoisotopic (exact) mass is 535 g/mol. The van der Waals surface area contributed by atoms with Crippen molar-refractivity contribution in [2.75, 3.05) is 13.2 Å². The van der Waals surface area contributed by atoms with Crippen LogP contribution in [0.5, 0.6) is 5.75 Å². The summed E-state index contributed by atoms with van der Waals surface area (Å²) in [6, 6.07) is 5.07. The molecular weight excluding hydrogens is 497 g/mol. The molecule has 2 bridgehead atoms. The zero-order valence-corrected chi connectivity index (χ0v) is 22.6. The topological polar surface area (TPSA) is 79.9 Å². The van der Waals surface area contributed by atoms with Gasteiger partial charge in [-0.05, 0) is 76.8 Å². The molecule has 9 heteroatoms. The van der Waals surface area contributed by atoms with E-state index in [0.717, 1.165) is 31.7 Å². The first-order chi connectivity index (χ1) is 17.7. The molecule has 2 amide bonds. The maximum Gasteiger partial charge on any atom is 0.258 e. The third kappa shape index (κ3) is 5.76. The van der Waals surface area contributed by atoms with Crippen molar-refractivity contribution in [2.24, 2.45) is 17.8 Å². The Bertz CT molecular complexity index is 998. The molecule has 0 radical (unpaired) electrons. The summed E-state index contributed by atoms with van der Waals surface area (Å²) in [6.07, 6.45) is 9.56. The Morgan fingerprint density at radius 1 is 1.22 bits per heavy atom. The quantitative estimate of drug-likeness (QED) is 0.427. The Hall–Kier alpha value is -1.90. The summed E-state index contributed by atoms with van der Waals surface area (Å²) in [5.41, 5.74) is -0.325. The van der Waals surface area contributed by atoms with Crippen LogP contribution in [0.25, 0.3) is 0 Å². The SMILES string of the molecule is CC1ON(C2CCCC2)C(C)[C@@H]1CCCNC(=O)C1CC2(NC(=O)COc3ccc(Cl)c(F)c3)CC1C2. The van der Waals surface area contributed by atoms with Gasteiger partial charge >= 0.3 is 0 Å². The molecule has 4 aliphatic carbocycles. The Morgan fingerprint density at radius 3 is 2.70 bits per heavy atom. The van der Waals surface area contributed by atoms with E-state index in [1.165, 1.54) is 37.8 Å². The largest absolute Gasteiger partial charge is 0.484 e. The predicted molar refractivity (Wildman–Crippen MR) is 138 cm³/mol. The summed E-state index contributed by atoms with van der Waals surface area (Å²) in [7, 11) is 0. The second-order valence-corrected chi connectivity index (χ2v) is 12.0. The molecule has 5 aliphatic rings. The predicted octanol–water partition coefficient (Wildman–Crippen LogP) is 4.62. The second-order valence-electron chi connectivity index (χ2n) is 11.6. The van der Waals surface area contributed by atoms with Crippen LogP contribution in [0.4, 0.5) is 4.39 Å². The van der Waals surface area contributed by atoms with E-state index < -0.39 is 5.82 Å². The molecule has 37 heavy (non-hydrogen) atoms. The Labute approximate surface area is 223 Å². The summed E-state index contributed by atoms with van der Waals surface area (Å²) in [6.45, 7) is 4.92. The highest BCUT2D eigenvalue weighted by Gasteiger charge is 2.58. The number of nitrogens with zero attached hydrogens (tertiary/aromatic N) is 1. The van der Waals surface area contributed by atoms with E-state index in [2.05, 4.69) is 29.5 Å². The fourth-order valence-corrected chi connectivity index (χ4v) is 7.29. The first-order valence-electron chi connectivity index (χ1n) is 13.9. The number of fused-ring (bicyclic) bond motifs is 1.